The van der Waals surface area contributed by atoms with E-state index in [4.69, 9.17) is 0 Å². The van der Waals surface area contributed by atoms with Crippen LogP contribution in [0.3, 0.4) is 0 Å². The average Bonchev–Trinajstić information content (AvgIpc) is 2.58. The van der Waals surface area contributed by atoms with Crippen LogP contribution in [0, 0.1) is 0 Å². The summed E-state index contributed by atoms with van der Waals surface area (Å²) in [7, 11) is 0. The van der Waals surface area contributed by atoms with Crippen molar-refractivity contribution in [2.24, 2.45) is 0 Å². The normalized spacial score (nSPS) is 23.6. The Morgan fingerprint density at radius 2 is 2.21 bits per heavy atom. The molecule has 1 atom stereocenters. The van der Waals surface area contributed by atoms with Gasteiger partial charge in [-0.25, -0.2) is 0 Å². The molecule has 1 N–H and O–H groups in total. The van der Waals surface area contributed by atoms with Crippen molar-refractivity contribution in [3.8, 4) is 0 Å². The van der Waals surface area contributed by atoms with Gasteiger partial charge in [0.25, 0.3) is 0 Å². The van der Waals surface area contributed by atoms with Gasteiger partial charge in [0.1, 0.15) is 0 Å². The zero-order valence-electron chi connectivity index (χ0n) is 10.1. The van der Waals surface area contributed by atoms with Crippen molar-refractivity contribution in [2.45, 2.75) is 58.5 Å². The van der Waals surface area contributed by atoms with Crippen LogP contribution in [0.2, 0.25) is 0 Å². The molecule has 1 fully saturated rings. The van der Waals surface area contributed by atoms with Crippen LogP contribution in [0.5, 0.6) is 0 Å². The lowest BCUT2D eigenvalue weighted by Gasteiger charge is -2.25. The summed E-state index contributed by atoms with van der Waals surface area (Å²) >= 11 is 0. The van der Waals surface area contributed by atoms with Gasteiger partial charge in [0.15, 0.2) is 0 Å². The van der Waals surface area contributed by atoms with E-state index in [2.05, 4.69) is 31.0 Å². The van der Waals surface area contributed by atoms with Gasteiger partial charge in [-0.05, 0) is 32.4 Å². The summed E-state index contributed by atoms with van der Waals surface area (Å²) in [6.07, 6.45) is 5.47. The first-order chi connectivity index (χ1) is 6.74. The Labute approximate surface area is 89.1 Å². The summed E-state index contributed by atoms with van der Waals surface area (Å²) in [5.41, 5.74) is 0. The molecule has 1 unspecified atom stereocenters. The average molecular weight is 198 g/mol. The maximum atomic E-state index is 3.55. The molecule has 2 heteroatoms. The van der Waals surface area contributed by atoms with E-state index in [0.717, 1.165) is 6.04 Å². The van der Waals surface area contributed by atoms with Gasteiger partial charge in [-0.15, -0.1) is 0 Å². The second-order valence-electron chi connectivity index (χ2n) is 4.75. The molecule has 0 saturated carbocycles. The predicted octanol–water partition coefficient (Wildman–Crippen LogP) is 2.25. The molecule has 0 aromatic carbocycles. The first kappa shape index (κ1) is 12.0. The second kappa shape index (κ2) is 6.41. The summed E-state index contributed by atoms with van der Waals surface area (Å²) < 4.78 is 0. The summed E-state index contributed by atoms with van der Waals surface area (Å²) in [5.74, 6) is 0. The molecule has 1 saturated heterocycles. The summed E-state index contributed by atoms with van der Waals surface area (Å²) in [6, 6.07) is 1.44. The number of hydrogen-bond donors (Lipinski definition) is 1. The maximum absolute atomic E-state index is 3.55. The van der Waals surface area contributed by atoms with Crippen LogP contribution in [0.4, 0.5) is 0 Å². The highest BCUT2D eigenvalue weighted by molar-refractivity contribution is 4.81. The Bertz CT molecular complexity index is 145. The molecular weight excluding hydrogens is 172 g/mol. The van der Waals surface area contributed by atoms with E-state index >= 15 is 0 Å². The van der Waals surface area contributed by atoms with Crippen molar-refractivity contribution in [1.82, 2.24) is 10.2 Å². The van der Waals surface area contributed by atoms with Gasteiger partial charge in [0, 0.05) is 18.6 Å². The molecule has 14 heavy (non-hydrogen) atoms. The van der Waals surface area contributed by atoms with Gasteiger partial charge in [-0.1, -0.05) is 27.2 Å². The molecule has 2 nitrogen and oxygen atoms in total. The Morgan fingerprint density at radius 1 is 1.43 bits per heavy atom. The molecule has 84 valence electrons. The fourth-order valence-corrected chi connectivity index (χ4v) is 2.15. The van der Waals surface area contributed by atoms with Gasteiger partial charge in [0.05, 0.1) is 0 Å². The number of hydrogen-bond acceptors (Lipinski definition) is 2. The fourth-order valence-electron chi connectivity index (χ4n) is 2.15. The quantitative estimate of drug-likeness (QED) is 0.704. The molecule has 1 rings (SSSR count). The maximum Gasteiger partial charge on any atom is 0.0221 e. The molecule has 0 aliphatic carbocycles. The van der Waals surface area contributed by atoms with Gasteiger partial charge >= 0.3 is 0 Å². The largest absolute Gasteiger partial charge is 0.313 e. The van der Waals surface area contributed by atoms with Crippen LogP contribution in [0.15, 0.2) is 0 Å². The fraction of sp³-hybridized carbons (Fsp3) is 1.00. The standard InChI is InChI=1S/C12H26N2/c1-4-5-8-14-9-6-7-12(14)10-13-11(2)3/h11-13H,4-10H2,1-3H3. The van der Waals surface area contributed by atoms with Crippen LogP contribution in [-0.4, -0.2) is 36.6 Å². The lowest BCUT2D eigenvalue weighted by molar-refractivity contribution is 0.240. The van der Waals surface area contributed by atoms with E-state index in [9.17, 15) is 0 Å². The zero-order valence-corrected chi connectivity index (χ0v) is 10.1. The first-order valence-corrected chi connectivity index (χ1v) is 6.21. The van der Waals surface area contributed by atoms with E-state index in [1.165, 1.54) is 45.3 Å². The molecule has 0 spiro atoms. The van der Waals surface area contributed by atoms with Crippen LogP contribution in [-0.2, 0) is 0 Å². The number of likely N-dealkylation sites (tertiary alicyclic amines) is 1. The Kier molecular flexibility index (Phi) is 5.49. The molecule has 0 aromatic heterocycles. The molecule has 1 heterocycles. The number of rotatable bonds is 6. The van der Waals surface area contributed by atoms with Gasteiger partial charge < -0.3 is 5.32 Å². The lowest BCUT2D eigenvalue weighted by atomic mass is 10.2. The van der Waals surface area contributed by atoms with E-state index < -0.39 is 0 Å². The smallest absolute Gasteiger partial charge is 0.0221 e. The summed E-state index contributed by atoms with van der Waals surface area (Å²) in [6.45, 7) is 10.5. The van der Waals surface area contributed by atoms with E-state index in [0.29, 0.717) is 6.04 Å². The summed E-state index contributed by atoms with van der Waals surface area (Å²) in [5, 5.41) is 3.55. The van der Waals surface area contributed by atoms with Gasteiger partial charge in [0.2, 0.25) is 0 Å². The van der Waals surface area contributed by atoms with Gasteiger partial charge in [-0.2, -0.15) is 0 Å². The molecule has 0 aromatic rings. The third-order valence-corrected chi connectivity index (χ3v) is 3.06. The SMILES string of the molecule is CCCCN1CCCC1CNC(C)C. The Balaban J connectivity index is 2.21. The highest BCUT2D eigenvalue weighted by atomic mass is 15.2. The van der Waals surface area contributed by atoms with E-state index in [1.807, 2.05) is 0 Å². The lowest BCUT2D eigenvalue weighted by Crippen LogP contribution is -2.40. The Morgan fingerprint density at radius 3 is 2.86 bits per heavy atom. The molecule has 1 aliphatic heterocycles. The highest BCUT2D eigenvalue weighted by Crippen LogP contribution is 2.17. The van der Waals surface area contributed by atoms with E-state index in [1.54, 1.807) is 0 Å². The molecule has 1 aliphatic rings. The third kappa shape index (κ3) is 3.97. The molecule has 0 bridgehead atoms. The van der Waals surface area contributed by atoms with Crippen molar-refractivity contribution < 1.29 is 0 Å². The van der Waals surface area contributed by atoms with Crippen LogP contribution in [0.25, 0.3) is 0 Å². The van der Waals surface area contributed by atoms with Crippen molar-refractivity contribution in [3.05, 3.63) is 0 Å². The van der Waals surface area contributed by atoms with Crippen LogP contribution in [0.1, 0.15) is 46.5 Å². The minimum atomic E-state index is 0.628. The predicted molar refractivity (Wildman–Crippen MR) is 62.6 cm³/mol. The van der Waals surface area contributed by atoms with Crippen LogP contribution < -0.4 is 5.32 Å². The first-order valence-electron chi connectivity index (χ1n) is 6.21. The number of nitrogens with one attached hydrogen (secondary N) is 1. The number of nitrogens with zero attached hydrogens (tertiary/aromatic N) is 1. The minimum Gasteiger partial charge on any atom is -0.313 e. The second-order valence-corrected chi connectivity index (χ2v) is 4.75. The number of unbranched alkanes of at least 4 members (excludes halogenated alkanes) is 1. The minimum absolute atomic E-state index is 0.628. The van der Waals surface area contributed by atoms with Crippen molar-refractivity contribution in [2.75, 3.05) is 19.6 Å². The topological polar surface area (TPSA) is 15.3 Å². The molecule has 0 radical (unpaired) electrons. The third-order valence-electron chi connectivity index (χ3n) is 3.06. The monoisotopic (exact) mass is 198 g/mol. The molecular formula is C12H26N2. The van der Waals surface area contributed by atoms with Crippen molar-refractivity contribution >= 4 is 0 Å². The Hall–Kier alpha value is -0.0800. The molecule has 0 amide bonds. The van der Waals surface area contributed by atoms with Crippen molar-refractivity contribution in [1.29, 1.82) is 0 Å². The van der Waals surface area contributed by atoms with Gasteiger partial charge in [-0.3, -0.25) is 4.90 Å². The van der Waals surface area contributed by atoms with E-state index in [-0.39, 0.29) is 0 Å². The van der Waals surface area contributed by atoms with Crippen LogP contribution >= 0.6 is 0 Å². The van der Waals surface area contributed by atoms with Crippen molar-refractivity contribution in [3.63, 3.8) is 0 Å². The zero-order chi connectivity index (χ0) is 10.4. The highest BCUT2D eigenvalue weighted by Gasteiger charge is 2.23. The summed E-state index contributed by atoms with van der Waals surface area (Å²) in [4.78, 5) is 2.67.